The van der Waals surface area contributed by atoms with Crippen LogP contribution in [0.3, 0.4) is 0 Å². The fourth-order valence-electron chi connectivity index (χ4n) is 2.50. The molecule has 0 aliphatic carbocycles. The van der Waals surface area contributed by atoms with E-state index in [1.807, 2.05) is 26.0 Å². The Labute approximate surface area is 123 Å². The van der Waals surface area contributed by atoms with Crippen molar-refractivity contribution in [2.75, 3.05) is 13.1 Å². The van der Waals surface area contributed by atoms with Gasteiger partial charge < -0.3 is 4.52 Å². The molecular formula is C14H17N3O3S. The van der Waals surface area contributed by atoms with Crippen molar-refractivity contribution in [2.24, 2.45) is 0 Å². The van der Waals surface area contributed by atoms with Crippen LogP contribution >= 0.6 is 0 Å². The summed E-state index contributed by atoms with van der Waals surface area (Å²) in [6, 6.07) is 5.37. The molecule has 0 bridgehead atoms. The number of sulfonamides is 1. The third-order valence-electron chi connectivity index (χ3n) is 3.69. The summed E-state index contributed by atoms with van der Waals surface area (Å²) in [7, 11) is -3.44. The Morgan fingerprint density at radius 2 is 1.95 bits per heavy atom. The summed E-state index contributed by atoms with van der Waals surface area (Å²) in [4.78, 5) is 4.52. The van der Waals surface area contributed by atoms with Crippen molar-refractivity contribution in [3.8, 4) is 0 Å². The topological polar surface area (TPSA) is 76.3 Å². The van der Waals surface area contributed by atoms with Gasteiger partial charge in [0.05, 0.1) is 10.8 Å². The summed E-state index contributed by atoms with van der Waals surface area (Å²) in [5, 5.41) is 3.73. The first-order chi connectivity index (χ1) is 9.88. The number of aromatic nitrogens is 2. The predicted molar refractivity (Wildman–Crippen MR) is 76.5 cm³/mol. The average Bonchev–Trinajstić information content (AvgIpc) is 2.72. The van der Waals surface area contributed by atoms with Gasteiger partial charge in [0.1, 0.15) is 0 Å². The molecule has 1 fully saturated rings. The summed E-state index contributed by atoms with van der Waals surface area (Å²) in [6.07, 6.45) is 0. The van der Waals surface area contributed by atoms with Crippen LogP contribution in [0.5, 0.6) is 0 Å². The largest absolute Gasteiger partial charge is 0.339 e. The molecule has 1 saturated heterocycles. The molecule has 0 unspecified atom stereocenters. The predicted octanol–water partition coefficient (Wildman–Crippen LogP) is 1.78. The maximum absolute atomic E-state index is 12.6. The molecular weight excluding hydrogens is 290 g/mol. The lowest BCUT2D eigenvalue weighted by Crippen LogP contribution is -2.48. The van der Waals surface area contributed by atoms with Crippen molar-refractivity contribution >= 4 is 10.0 Å². The normalized spacial score (nSPS) is 16.9. The first-order valence-electron chi connectivity index (χ1n) is 6.75. The van der Waals surface area contributed by atoms with Crippen LogP contribution in [-0.4, -0.2) is 36.0 Å². The summed E-state index contributed by atoms with van der Waals surface area (Å²) in [5.41, 5.74) is 1.82. The maximum atomic E-state index is 12.6. The van der Waals surface area contributed by atoms with Gasteiger partial charge in [-0.2, -0.15) is 9.29 Å². The Kier molecular flexibility index (Phi) is 3.33. The average molecular weight is 307 g/mol. The first kappa shape index (κ1) is 14.2. The minimum atomic E-state index is -3.44. The fourth-order valence-corrected chi connectivity index (χ4v) is 4.23. The second-order valence-electron chi connectivity index (χ2n) is 5.47. The number of aryl methyl sites for hydroxylation is 3. The van der Waals surface area contributed by atoms with E-state index in [1.165, 1.54) is 4.31 Å². The van der Waals surface area contributed by atoms with Crippen LogP contribution in [0.15, 0.2) is 27.6 Å². The molecule has 1 aliphatic rings. The van der Waals surface area contributed by atoms with E-state index in [4.69, 9.17) is 4.52 Å². The molecule has 0 radical (unpaired) electrons. The van der Waals surface area contributed by atoms with Crippen LogP contribution in [0.4, 0.5) is 0 Å². The standard InChI is InChI=1S/C14H17N3O3S/c1-9-4-5-13(10(2)6-9)21(18,19)17-7-12(8-17)14-15-11(3)16-20-14/h4-6,12H,7-8H2,1-3H3. The van der Waals surface area contributed by atoms with Crippen molar-refractivity contribution in [3.05, 3.63) is 41.0 Å². The highest BCUT2D eigenvalue weighted by molar-refractivity contribution is 7.89. The Balaban J connectivity index is 1.79. The number of hydrogen-bond donors (Lipinski definition) is 0. The SMILES string of the molecule is Cc1ccc(S(=O)(=O)N2CC(c3nc(C)no3)C2)c(C)c1. The highest BCUT2D eigenvalue weighted by Gasteiger charge is 2.40. The Morgan fingerprint density at radius 3 is 2.52 bits per heavy atom. The van der Waals surface area contributed by atoms with Gasteiger partial charge in [-0.25, -0.2) is 8.42 Å². The van der Waals surface area contributed by atoms with Crippen molar-refractivity contribution in [1.82, 2.24) is 14.4 Å². The van der Waals surface area contributed by atoms with Gasteiger partial charge in [0, 0.05) is 13.1 Å². The van der Waals surface area contributed by atoms with Crippen molar-refractivity contribution in [2.45, 2.75) is 31.6 Å². The summed E-state index contributed by atoms with van der Waals surface area (Å²) in [5.74, 6) is 1.08. The molecule has 0 atom stereocenters. The van der Waals surface area contributed by atoms with Gasteiger partial charge in [-0.15, -0.1) is 0 Å². The lowest BCUT2D eigenvalue weighted by atomic mass is 10.0. The van der Waals surface area contributed by atoms with Crippen LogP contribution in [0.2, 0.25) is 0 Å². The minimum absolute atomic E-state index is 0.00766. The van der Waals surface area contributed by atoms with E-state index in [9.17, 15) is 8.42 Å². The zero-order valence-corrected chi connectivity index (χ0v) is 13.0. The molecule has 2 aromatic rings. The molecule has 1 aromatic heterocycles. The number of nitrogens with zero attached hydrogens (tertiary/aromatic N) is 3. The van der Waals surface area contributed by atoms with E-state index in [1.54, 1.807) is 13.0 Å². The van der Waals surface area contributed by atoms with Crippen LogP contribution in [-0.2, 0) is 10.0 Å². The maximum Gasteiger partial charge on any atom is 0.243 e. The molecule has 0 amide bonds. The van der Waals surface area contributed by atoms with Crippen LogP contribution in [0, 0.1) is 20.8 Å². The third kappa shape index (κ3) is 2.47. The molecule has 0 N–H and O–H groups in total. The number of benzene rings is 1. The first-order valence-corrected chi connectivity index (χ1v) is 8.19. The lowest BCUT2D eigenvalue weighted by molar-refractivity contribution is 0.216. The van der Waals surface area contributed by atoms with Gasteiger partial charge >= 0.3 is 0 Å². The monoisotopic (exact) mass is 307 g/mol. The van der Waals surface area contributed by atoms with E-state index in [-0.39, 0.29) is 5.92 Å². The summed E-state index contributed by atoms with van der Waals surface area (Å²) < 4.78 is 31.7. The van der Waals surface area contributed by atoms with E-state index >= 15 is 0 Å². The Hall–Kier alpha value is -1.73. The molecule has 112 valence electrons. The zero-order valence-electron chi connectivity index (χ0n) is 12.2. The van der Waals surface area contributed by atoms with Gasteiger partial charge in [-0.1, -0.05) is 22.9 Å². The van der Waals surface area contributed by atoms with E-state index in [0.717, 1.165) is 11.1 Å². The van der Waals surface area contributed by atoms with Gasteiger partial charge in [0.2, 0.25) is 15.9 Å². The summed E-state index contributed by atoms with van der Waals surface area (Å²) in [6.45, 7) is 6.28. The Bertz CT molecular complexity index is 777. The quantitative estimate of drug-likeness (QED) is 0.864. The van der Waals surface area contributed by atoms with E-state index in [0.29, 0.717) is 29.7 Å². The van der Waals surface area contributed by atoms with Gasteiger partial charge in [0.15, 0.2) is 5.82 Å². The van der Waals surface area contributed by atoms with Crippen molar-refractivity contribution < 1.29 is 12.9 Å². The molecule has 1 aliphatic heterocycles. The van der Waals surface area contributed by atoms with Crippen molar-refractivity contribution in [1.29, 1.82) is 0 Å². The number of hydrogen-bond acceptors (Lipinski definition) is 5. The zero-order chi connectivity index (χ0) is 15.2. The van der Waals surface area contributed by atoms with E-state index < -0.39 is 10.0 Å². The van der Waals surface area contributed by atoms with Crippen molar-refractivity contribution in [3.63, 3.8) is 0 Å². The molecule has 1 aromatic carbocycles. The number of rotatable bonds is 3. The third-order valence-corrected chi connectivity index (χ3v) is 5.68. The highest BCUT2D eigenvalue weighted by Crippen LogP contribution is 2.32. The molecule has 0 saturated carbocycles. The second-order valence-corrected chi connectivity index (χ2v) is 7.37. The molecule has 21 heavy (non-hydrogen) atoms. The second kappa shape index (κ2) is 4.92. The molecule has 7 heteroatoms. The minimum Gasteiger partial charge on any atom is -0.339 e. The molecule has 6 nitrogen and oxygen atoms in total. The highest BCUT2D eigenvalue weighted by atomic mass is 32.2. The summed E-state index contributed by atoms with van der Waals surface area (Å²) >= 11 is 0. The van der Waals surface area contributed by atoms with E-state index in [2.05, 4.69) is 10.1 Å². The lowest BCUT2D eigenvalue weighted by Gasteiger charge is -2.36. The van der Waals surface area contributed by atoms with Crippen LogP contribution < -0.4 is 0 Å². The van der Waals surface area contributed by atoms with Crippen LogP contribution in [0.1, 0.15) is 28.8 Å². The fraction of sp³-hybridized carbons (Fsp3) is 0.429. The molecule has 3 rings (SSSR count). The van der Waals surface area contributed by atoms with Crippen LogP contribution in [0.25, 0.3) is 0 Å². The molecule has 0 spiro atoms. The Morgan fingerprint density at radius 1 is 1.24 bits per heavy atom. The van der Waals surface area contributed by atoms with Gasteiger partial charge in [0.25, 0.3) is 0 Å². The smallest absolute Gasteiger partial charge is 0.243 e. The molecule has 2 heterocycles. The van der Waals surface area contributed by atoms with Gasteiger partial charge in [-0.05, 0) is 32.4 Å². The van der Waals surface area contributed by atoms with Gasteiger partial charge in [-0.3, -0.25) is 0 Å².